The van der Waals surface area contributed by atoms with Crippen LogP contribution in [0.25, 0.3) is 33.5 Å². The quantitative estimate of drug-likeness (QED) is 0.152. The van der Waals surface area contributed by atoms with Crippen molar-refractivity contribution in [2.75, 3.05) is 18.5 Å². The predicted octanol–water partition coefficient (Wildman–Crippen LogP) is 7.77. The van der Waals surface area contributed by atoms with Crippen molar-refractivity contribution < 1.29 is 23.1 Å². The number of fused-ring (bicyclic) bond motifs is 2. The summed E-state index contributed by atoms with van der Waals surface area (Å²) >= 11 is 7.01. The van der Waals surface area contributed by atoms with Gasteiger partial charge in [-0.15, -0.1) is 0 Å². The minimum atomic E-state index is -0.474. The van der Waals surface area contributed by atoms with Gasteiger partial charge in [-0.05, 0) is 89.6 Å². The van der Waals surface area contributed by atoms with Crippen LogP contribution in [0.3, 0.4) is 0 Å². The molecular formula is C33H23Br2FN4O5. The number of benzene rings is 4. The van der Waals surface area contributed by atoms with Crippen molar-refractivity contribution in [2.24, 2.45) is 5.10 Å². The molecule has 6 aromatic rings. The van der Waals surface area contributed by atoms with Crippen molar-refractivity contribution in [3.8, 4) is 23.1 Å². The van der Waals surface area contributed by atoms with Crippen LogP contribution in [0, 0.1) is 5.82 Å². The average molecular weight is 734 g/mol. The Morgan fingerprint density at radius 1 is 1.02 bits per heavy atom. The molecule has 12 heteroatoms. The standard InChI is InChI=1S/C33H23Br2FN4O5/c1-2-43-28-14-20(25(35)16-29(28)44-18-31(41)38-23-7-5-6-22(36)15-23)17-37-40-32(39-26-9-4-3-8-24(26)33(40)42)30-13-19-12-21(34)10-11-27(19)45-30/h3-17H,2,18H2,1H3,(H,38,41). The third-order valence-electron chi connectivity index (χ3n) is 6.59. The van der Waals surface area contributed by atoms with E-state index in [1.165, 1.54) is 29.1 Å². The lowest BCUT2D eigenvalue weighted by Gasteiger charge is -2.14. The summed E-state index contributed by atoms with van der Waals surface area (Å²) in [5.41, 5.74) is 1.65. The van der Waals surface area contributed by atoms with Gasteiger partial charge in [-0.25, -0.2) is 9.37 Å². The van der Waals surface area contributed by atoms with E-state index in [1.807, 2.05) is 37.3 Å². The zero-order valence-electron chi connectivity index (χ0n) is 23.6. The predicted molar refractivity (Wildman–Crippen MR) is 178 cm³/mol. The highest BCUT2D eigenvalue weighted by molar-refractivity contribution is 9.10. The summed E-state index contributed by atoms with van der Waals surface area (Å²) in [6, 6.07) is 23.3. The molecule has 0 aliphatic heterocycles. The summed E-state index contributed by atoms with van der Waals surface area (Å²) in [7, 11) is 0. The number of halogens is 3. The van der Waals surface area contributed by atoms with Crippen LogP contribution in [0.1, 0.15) is 12.5 Å². The molecule has 6 rings (SSSR count). The van der Waals surface area contributed by atoms with Gasteiger partial charge in [0, 0.05) is 25.6 Å². The molecule has 9 nitrogen and oxygen atoms in total. The topological polar surface area (TPSA) is 108 Å². The van der Waals surface area contributed by atoms with Crippen molar-refractivity contribution in [3.63, 3.8) is 0 Å². The molecule has 0 aliphatic rings. The van der Waals surface area contributed by atoms with Crippen LogP contribution in [0.5, 0.6) is 11.5 Å². The molecule has 0 spiro atoms. The van der Waals surface area contributed by atoms with E-state index in [9.17, 15) is 14.0 Å². The molecule has 0 unspecified atom stereocenters. The molecular weight excluding hydrogens is 711 g/mol. The zero-order valence-corrected chi connectivity index (χ0v) is 26.8. The summed E-state index contributed by atoms with van der Waals surface area (Å²) in [5, 5.41) is 8.36. The molecule has 2 aromatic heterocycles. The van der Waals surface area contributed by atoms with Gasteiger partial charge in [-0.3, -0.25) is 9.59 Å². The Labute approximate surface area is 272 Å². The molecule has 45 heavy (non-hydrogen) atoms. The average Bonchev–Trinajstić information content (AvgIpc) is 3.44. The van der Waals surface area contributed by atoms with Gasteiger partial charge in [0.15, 0.2) is 23.9 Å². The van der Waals surface area contributed by atoms with Gasteiger partial charge in [-0.1, -0.05) is 34.1 Å². The Balaban J connectivity index is 1.33. The second-order valence-electron chi connectivity index (χ2n) is 9.71. The minimum Gasteiger partial charge on any atom is -0.490 e. The van der Waals surface area contributed by atoms with Crippen molar-refractivity contribution in [1.82, 2.24) is 9.66 Å². The molecule has 0 atom stereocenters. The highest BCUT2D eigenvalue weighted by Crippen LogP contribution is 2.34. The second kappa shape index (κ2) is 13.0. The van der Waals surface area contributed by atoms with E-state index in [0.717, 1.165) is 9.86 Å². The number of nitrogens with one attached hydrogen (secondary N) is 1. The number of amides is 1. The molecule has 0 bridgehead atoms. The van der Waals surface area contributed by atoms with E-state index < -0.39 is 11.7 Å². The first-order valence-electron chi connectivity index (χ1n) is 13.7. The van der Waals surface area contributed by atoms with Crippen LogP contribution in [-0.4, -0.2) is 35.0 Å². The Kier molecular flexibility index (Phi) is 8.76. The monoisotopic (exact) mass is 732 g/mol. The number of carbonyl (C=O) groups is 1. The van der Waals surface area contributed by atoms with E-state index in [4.69, 9.17) is 18.9 Å². The van der Waals surface area contributed by atoms with Gasteiger partial charge >= 0.3 is 0 Å². The summed E-state index contributed by atoms with van der Waals surface area (Å²) in [6.45, 7) is 1.80. The number of rotatable bonds is 9. The first-order chi connectivity index (χ1) is 21.8. The fourth-order valence-corrected chi connectivity index (χ4v) is 5.38. The molecule has 1 amide bonds. The lowest BCUT2D eigenvalue weighted by molar-refractivity contribution is -0.118. The second-order valence-corrected chi connectivity index (χ2v) is 11.5. The largest absolute Gasteiger partial charge is 0.490 e. The molecule has 2 heterocycles. The summed E-state index contributed by atoms with van der Waals surface area (Å²) in [5.74, 6) is 0.318. The van der Waals surface area contributed by atoms with Gasteiger partial charge in [0.25, 0.3) is 11.5 Å². The maximum Gasteiger partial charge on any atom is 0.282 e. The molecule has 0 fully saturated rings. The van der Waals surface area contributed by atoms with E-state index in [1.54, 1.807) is 36.4 Å². The zero-order chi connectivity index (χ0) is 31.5. The van der Waals surface area contributed by atoms with Crippen molar-refractivity contribution in [3.05, 3.63) is 116 Å². The van der Waals surface area contributed by atoms with Gasteiger partial charge in [0.1, 0.15) is 11.4 Å². The number of furan rings is 1. The Bertz CT molecular complexity index is 2160. The van der Waals surface area contributed by atoms with Crippen LogP contribution < -0.4 is 20.3 Å². The third kappa shape index (κ3) is 6.66. The van der Waals surface area contributed by atoms with E-state index in [0.29, 0.717) is 56.1 Å². The fourth-order valence-electron chi connectivity index (χ4n) is 4.57. The van der Waals surface area contributed by atoms with Gasteiger partial charge in [-0.2, -0.15) is 9.78 Å². The smallest absolute Gasteiger partial charge is 0.282 e. The van der Waals surface area contributed by atoms with Crippen LogP contribution in [0.2, 0.25) is 0 Å². The summed E-state index contributed by atoms with van der Waals surface area (Å²) in [6.07, 6.45) is 1.49. The van der Waals surface area contributed by atoms with Crippen LogP contribution >= 0.6 is 31.9 Å². The first kappa shape index (κ1) is 30.2. The van der Waals surface area contributed by atoms with Gasteiger partial charge in [0.2, 0.25) is 5.82 Å². The van der Waals surface area contributed by atoms with Gasteiger partial charge < -0.3 is 19.2 Å². The number of para-hydroxylation sites is 1. The van der Waals surface area contributed by atoms with Crippen molar-refractivity contribution in [2.45, 2.75) is 6.92 Å². The number of hydrogen-bond acceptors (Lipinski definition) is 7. The van der Waals surface area contributed by atoms with Crippen LogP contribution in [-0.2, 0) is 4.79 Å². The summed E-state index contributed by atoms with van der Waals surface area (Å²) < 4.78 is 33.7. The number of ether oxygens (including phenoxy) is 2. The Morgan fingerprint density at radius 3 is 2.67 bits per heavy atom. The molecule has 1 N–H and O–H groups in total. The fraction of sp³-hybridized carbons (Fsp3) is 0.0909. The highest BCUT2D eigenvalue weighted by atomic mass is 79.9. The summed E-state index contributed by atoms with van der Waals surface area (Å²) in [4.78, 5) is 30.8. The maximum atomic E-state index is 13.7. The number of nitrogens with zero attached hydrogens (tertiary/aromatic N) is 3. The molecule has 0 saturated carbocycles. The lowest BCUT2D eigenvalue weighted by atomic mass is 10.2. The number of aromatic nitrogens is 2. The molecule has 226 valence electrons. The van der Waals surface area contributed by atoms with Crippen LogP contribution in [0.15, 0.2) is 108 Å². The highest BCUT2D eigenvalue weighted by Gasteiger charge is 2.18. The normalized spacial score (nSPS) is 11.4. The third-order valence-corrected chi connectivity index (χ3v) is 7.77. The Morgan fingerprint density at radius 2 is 1.84 bits per heavy atom. The van der Waals surface area contributed by atoms with Gasteiger partial charge in [0.05, 0.1) is 23.7 Å². The first-order valence-corrected chi connectivity index (χ1v) is 15.3. The Hall–Kier alpha value is -4.81. The molecule has 0 aliphatic carbocycles. The van der Waals surface area contributed by atoms with Crippen LogP contribution in [0.4, 0.5) is 10.1 Å². The molecule has 0 radical (unpaired) electrons. The van der Waals surface area contributed by atoms with E-state index >= 15 is 0 Å². The van der Waals surface area contributed by atoms with E-state index in [2.05, 4.69) is 42.3 Å². The number of anilines is 1. The van der Waals surface area contributed by atoms with Crippen molar-refractivity contribution in [1.29, 1.82) is 0 Å². The minimum absolute atomic E-state index is 0.229. The van der Waals surface area contributed by atoms with Crippen molar-refractivity contribution >= 4 is 71.5 Å². The lowest BCUT2D eigenvalue weighted by Crippen LogP contribution is -2.20. The molecule has 0 saturated heterocycles. The molecule has 4 aromatic carbocycles. The van der Waals surface area contributed by atoms with E-state index in [-0.39, 0.29) is 18.0 Å². The SMILES string of the molecule is CCOc1cc(C=Nn2c(-c3cc4cc(Br)ccc4o3)nc3ccccc3c2=O)c(Br)cc1OCC(=O)Nc1cccc(F)c1. The maximum absolute atomic E-state index is 13.7. The number of hydrogen-bond donors (Lipinski definition) is 1. The number of carbonyl (C=O) groups excluding carboxylic acids is 1.